The lowest BCUT2D eigenvalue weighted by Crippen LogP contribution is -2.33. The second-order valence-electron chi connectivity index (χ2n) is 11.3. The van der Waals surface area contributed by atoms with E-state index in [0.717, 1.165) is 66.4 Å². The number of nitro groups is 1. The zero-order valence-electron chi connectivity index (χ0n) is 21.1. The van der Waals surface area contributed by atoms with Gasteiger partial charge in [-0.05, 0) is 59.6 Å². The van der Waals surface area contributed by atoms with Crippen molar-refractivity contribution in [1.29, 1.82) is 0 Å². The number of nitro benzene ring substituents is 1. The molecule has 0 spiro atoms. The van der Waals surface area contributed by atoms with Gasteiger partial charge in [-0.15, -0.1) is 0 Å². The van der Waals surface area contributed by atoms with Crippen LogP contribution < -0.4 is 10.2 Å². The molecule has 0 amide bonds. The van der Waals surface area contributed by atoms with Crippen LogP contribution >= 0.6 is 11.6 Å². The van der Waals surface area contributed by atoms with Crippen LogP contribution in [0.5, 0.6) is 0 Å². The molecule has 3 aliphatic rings. The molecule has 1 aliphatic carbocycles. The molecular weight excluding hydrogens is 486 g/mol. The number of halogens is 1. The van der Waals surface area contributed by atoms with E-state index in [9.17, 15) is 14.9 Å². The molecule has 0 bridgehead atoms. The van der Waals surface area contributed by atoms with Crippen molar-refractivity contribution < 1.29 is 9.72 Å². The predicted molar refractivity (Wildman–Crippen MR) is 149 cm³/mol. The molecule has 37 heavy (non-hydrogen) atoms. The fourth-order valence-electron chi connectivity index (χ4n) is 6.39. The second kappa shape index (κ2) is 8.88. The summed E-state index contributed by atoms with van der Waals surface area (Å²) < 4.78 is 0. The number of piperidine rings is 1. The van der Waals surface area contributed by atoms with E-state index in [1.165, 1.54) is 0 Å². The summed E-state index contributed by atoms with van der Waals surface area (Å²) in [6.07, 6.45) is 4.32. The monoisotopic (exact) mass is 515 g/mol. The van der Waals surface area contributed by atoms with Crippen LogP contribution in [0.2, 0.25) is 5.02 Å². The standard InChI is InChI=1S/C30H30ClN3O3/c1-30(2)16-21-27-19-9-5-4-8-18(19)10-11-23(27)32-29(28(21)26(35)17-30)20-14-25(34(36)37)24(15-22(20)31)33-12-6-3-7-13-33/h4-5,8-11,14-15,29,32H,3,6-7,12-13,16-17H2,1-2H3. The number of Topliss-reactive ketones (excluding diaryl/α,β-unsaturated/α-hetero) is 1. The zero-order chi connectivity index (χ0) is 25.9. The van der Waals surface area contributed by atoms with E-state index in [4.69, 9.17) is 11.6 Å². The number of carbonyl (C=O) groups is 1. The molecule has 6 rings (SSSR count). The van der Waals surface area contributed by atoms with Crippen LogP contribution in [0.15, 0.2) is 54.1 Å². The number of nitrogens with one attached hydrogen (secondary N) is 1. The topological polar surface area (TPSA) is 75.5 Å². The summed E-state index contributed by atoms with van der Waals surface area (Å²) in [5.41, 5.74) is 4.69. The van der Waals surface area contributed by atoms with Gasteiger partial charge in [0, 0.05) is 53.0 Å². The summed E-state index contributed by atoms with van der Waals surface area (Å²) >= 11 is 6.89. The maximum absolute atomic E-state index is 13.7. The number of fused-ring (bicyclic) bond motifs is 4. The molecule has 2 heterocycles. The van der Waals surface area contributed by atoms with E-state index in [-0.39, 0.29) is 21.8 Å². The highest BCUT2D eigenvalue weighted by molar-refractivity contribution is 6.32. The Hall–Kier alpha value is -3.38. The number of anilines is 2. The van der Waals surface area contributed by atoms with Gasteiger partial charge in [0.1, 0.15) is 5.69 Å². The quantitative estimate of drug-likeness (QED) is 0.285. The van der Waals surface area contributed by atoms with Gasteiger partial charge in [-0.1, -0.05) is 55.8 Å². The van der Waals surface area contributed by atoms with Crippen LogP contribution in [0.25, 0.3) is 16.3 Å². The van der Waals surface area contributed by atoms with Crippen molar-refractivity contribution in [2.75, 3.05) is 23.3 Å². The van der Waals surface area contributed by atoms with Gasteiger partial charge in [0.05, 0.1) is 11.0 Å². The Morgan fingerprint density at radius 3 is 2.57 bits per heavy atom. The summed E-state index contributed by atoms with van der Waals surface area (Å²) in [6.45, 7) is 5.81. The highest BCUT2D eigenvalue weighted by atomic mass is 35.5. The van der Waals surface area contributed by atoms with Gasteiger partial charge in [0.2, 0.25) is 0 Å². The molecule has 0 aromatic heterocycles. The Bertz CT molecular complexity index is 1490. The Labute approximate surface area is 221 Å². The number of allylic oxidation sites excluding steroid dienone is 1. The molecule has 1 fully saturated rings. The third-order valence-electron chi connectivity index (χ3n) is 8.04. The van der Waals surface area contributed by atoms with Crippen molar-refractivity contribution in [3.63, 3.8) is 0 Å². The van der Waals surface area contributed by atoms with Gasteiger partial charge in [0.25, 0.3) is 5.69 Å². The number of benzene rings is 3. The van der Waals surface area contributed by atoms with E-state index in [2.05, 4.69) is 42.3 Å². The first-order valence-electron chi connectivity index (χ1n) is 13.0. The van der Waals surface area contributed by atoms with Crippen molar-refractivity contribution in [2.45, 2.75) is 52.0 Å². The largest absolute Gasteiger partial charge is 0.373 e. The van der Waals surface area contributed by atoms with Crippen LogP contribution in [0, 0.1) is 15.5 Å². The van der Waals surface area contributed by atoms with E-state index in [0.29, 0.717) is 28.3 Å². The van der Waals surface area contributed by atoms with Crippen molar-refractivity contribution >= 4 is 50.8 Å². The number of hydrogen-bond acceptors (Lipinski definition) is 5. The molecule has 1 saturated heterocycles. The lowest BCUT2D eigenvalue weighted by molar-refractivity contribution is -0.384. The third-order valence-corrected chi connectivity index (χ3v) is 8.36. The number of hydrogen-bond donors (Lipinski definition) is 1. The minimum absolute atomic E-state index is 0.0400. The molecular formula is C30H30ClN3O3. The molecule has 2 aliphatic heterocycles. The highest BCUT2D eigenvalue weighted by Gasteiger charge is 2.42. The molecule has 3 aromatic rings. The van der Waals surface area contributed by atoms with Gasteiger partial charge in [0.15, 0.2) is 5.78 Å². The summed E-state index contributed by atoms with van der Waals surface area (Å²) in [5.74, 6) is 0.0705. The van der Waals surface area contributed by atoms with E-state index in [1.54, 1.807) is 12.1 Å². The molecule has 0 saturated carbocycles. The van der Waals surface area contributed by atoms with E-state index in [1.807, 2.05) is 18.2 Å². The Morgan fingerprint density at radius 1 is 1.05 bits per heavy atom. The smallest absolute Gasteiger partial charge is 0.292 e. The third kappa shape index (κ3) is 4.08. The van der Waals surface area contributed by atoms with Crippen LogP contribution in [-0.4, -0.2) is 23.8 Å². The van der Waals surface area contributed by atoms with Crippen molar-refractivity contribution in [1.82, 2.24) is 0 Å². The summed E-state index contributed by atoms with van der Waals surface area (Å²) in [5, 5.41) is 18.4. The average molecular weight is 516 g/mol. The fourth-order valence-corrected chi connectivity index (χ4v) is 6.66. The van der Waals surface area contributed by atoms with E-state index >= 15 is 0 Å². The molecule has 190 valence electrons. The first-order chi connectivity index (χ1) is 17.7. The molecule has 6 nitrogen and oxygen atoms in total. The molecule has 3 aromatic carbocycles. The fraction of sp³-hybridized carbons (Fsp3) is 0.367. The van der Waals surface area contributed by atoms with Crippen molar-refractivity contribution in [3.05, 3.63) is 80.4 Å². The Kier molecular flexibility index (Phi) is 5.75. The maximum Gasteiger partial charge on any atom is 0.292 e. The minimum atomic E-state index is -0.547. The average Bonchev–Trinajstić information content (AvgIpc) is 2.87. The molecule has 1 N–H and O–H groups in total. The molecule has 0 radical (unpaired) electrons. The van der Waals surface area contributed by atoms with Crippen LogP contribution in [-0.2, 0) is 4.79 Å². The molecule has 7 heteroatoms. The minimum Gasteiger partial charge on any atom is -0.373 e. The Morgan fingerprint density at radius 2 is 1.81 bits per heavy atom. The van der Waals surface area contributed by atoms with Gasteiger partial charge < -0.3 is 10.2 Å². The summed E-state index contributed by atoms with van der Waals surface area (Å²) in [6, 6.07) is 15.1. The number of ketones is 1. The molecule has 1 atom stereocenters. The lowest BCUT2D eigenvalue weighted by Gasteiger charge is -2.40. The number of nitrogens with zero attached hydrogens (tertiary/aromatic N) is 2. The van der Waals surface area contributed by atoms with Gasteiger partial charge in [-0.3, -0.25) is 14.9 Å². The lowest BCUT2D eigenvalue weighted by atomic mass is 9.68. The van der Waals surface area contributed by atoms with Gasteiger partial charge >= 0.3 is 0 Å². The second-order valence-corrected chi connectivity index (χ2v) is 11.7. The van der Waals surface area contributed by atoms with Crippen LogP contribution in [0.1, 0.15) is 63.1 Å². The van der Waals surface area contributed by atoms with Crippen molar-refractivity contribution in [3.8, 4) is 0 Å². The first kappa shape index (κ1) is 24.0. The number of rotatable bonds is 3. The van der Waals surface area contributed by atoms with Gasteiger partial charge in [-0.2, -0.15) is 0 Å². The normalized spacial score (nSPS) is 20.9. The van der Waals surface area contributed by atoms with Crippen LogP contribution in [0.4, 0.5) is 17.1 Å². The Balaban J connectivity index is 1.56. The zero-order valence-corrected chi connectivity index (χ0v) is 21.9. The van der Waals surface area contributed by atoms with Crippen LogP contribution in [0.3, 0.4) is 0 Å². The first-order valence-corrected chi connectivity index (χ1v) is 13.4. The number of carbonyl (C=O) groups excluding carboxylic acids is 1. The summed E-state index contributed by atoms with van der Waals surface area (Å²) in [7, 11) is 0. The van der Waals surface area contributed by atoms with Gasteiger partial charge in [-0.25, -0.2) is 0 Å². The SMILES string of the molecule is CC1(C)CC(=O)C2=C(C1)c1c(ccc3ccccc13)NC2c1cc([N+](=O)[O-])c(N2CCCCC2)cc1Cl. The highest BCUT2D eigenvalue weighted by Crippen LogP contribution is 2.53. The van der Waals surface area contributed by atoms with E-state index < -0.39 is 6.04 Å². The summed E-state index contributed by atoms with van der Waals surface area (Å²) in [4.78, 5) is 27.7. The maximum atomic E-state index is 13.7. The van der Waals surface area contributed by atoms with Crippen molar-refractivity contribution in [2.24, 2.45) is 5.41 Å². The predicted octanol–water partition coefficient (Wildman–Crippen LogP) is 7.70. The molecule has 1 unspecified atom stereocenters.